The van der Waals surface area contributed by atoms with Gasteiger partial charge < -0.3 is 20.9 Å². The van der Waals surface area contributed by atoms with Gasteiger partial charge in [-0.05, 0) is 36.6 Å². The fraction of sp³-hybridized carbons (Fsp3) is 0.448. The minimum absolute atomic E-state index is 0.102. The summed E-state index contributed by atoms with van der Waals surface area (Å²) in [6.45, 7) is 6.28. The fourth-order valence-electron chi connectivity index (χ4n) is 5.59. The van der Waals surface area contributed by atoms with Gasteiger partial charge in [0.15, 0.2) is 11.6 Å². The van der Waals surface area contributed by atoms with Crippen molar-refractivity contribution in [1.29, 1.82) is 0 Å². The number of fused-ring (bicyclic) bond motifs is 5. The van der Waals surface area contributed by atoms with E-state index in [1.54, 1.807) is 4.90 Å². The molecule has 0 radical (unpaired) electrons. The molecule has 1 saturated heterocycles. The normalized spacial score (nSPS) is 20.6. The number of amides is 3. The van der Waals surface area contributed by atoms with Crippen molar-refractivity contribution in [1.82, 2.24) is 25.1 Å². The van der Waals surface area contributed by atoms with Gasteiger partial charge in [0.05, 0.1) is 12.1 Å². The van der Waals surface area contributed by atoms with Gasteiger partial charge in [-0.2, -0.15) is 0 Å². The van der Waals surface area contributed by atoms with Gasteiger partial charge >= 0.3 is 6.03 Å². The van der Waals surface area contributed by atoms with Crippen molar-refractivity contribution < 1.29 is 18.4 Å². The Morgan fingerprint density at radius 1 is 1.12 bits per heavy atom. The van der Waals surface area contributed by atoms with Gasteiger partial charge in [-0.3, -0.25) is 9.69 Å². The molecule has 3 heterocycles. The number of piperazine rings is 1. The fourth-order valence-corrected chi connectivity index (χ4v) is 5.59. The highest BCUT2D eigenvalue weighted by molar-refractivity contribution is 5.92. The number of nitrogens with zero attached hydrogens (tertiary/aromatic N) is 4. The molecule has 2 aliphatic rings. The van der Waals surface area contributed by atoms with Crippen molar-refractivity contribution in [3.05, 3.63) is 59.9 Å². The Balaban J connectivity index is 1.42. The van der Waals surface area contributed by atoms with Crippen LogP contribution in [0.4, 0.5) is 25.1 Å². The van der Waals surface area contributed by atoms with Crippen LogP contribution in [-0.2, 0) is 11.3 Å². The lowest BCUT2D eigenvalue weighted by Gasteiger charge is -2.41. The van der Waals surface area contributed by atoms with Gasteiger partial charge in [0.25, 0.3) is 0 Å². The topological polar surface area (TPSA) is 102 Å². The van der Waals surface area contributed by atoms with Gasteiger partial charge in [0.1, 0.15) is 17.7 Å². The van der Waals surface area contributed by atoms with Gasteiger partial charge in [0.2, 0.25) is 5.91 Å². The lowest BCUT2D eigenvalue weighted by Crippen LogP contribution is -2.59. The highest BCUT2D eigenvalue weighted by atomic mass is 19.2. The summed E-state index contributed by atoms with van der Waals surface area (Å²) in [6, 6.07) is 9.96. The molecule has 3 atom stereocenters. The molecule has 3 N–H and O–H groups in total. The molecular weight excluding hydrogens is 516 g/mol. The number of hydrogen-bond acceptors (Lipinski definition) is 6. The second-order valence-corrected chi connectivity index (χ2v) is 10.5. The largest absolute Gasteiger partial charge is 0.358 e. The summed E-state index contributed by atoms with van der Waals surface area (Å²) in [5.41, 5.74) is 0.979. The number of nitrogens with one attached hydrogen (secondary N) is 3. The van der Waals surface area contributed by atoms with Crippen LogP contribution in [0.2, 0.25) is 0 Å². The SMILES string of the molecule is CCCC(CC)[C@@H]1Nc2nc(nc3ccccc23)CN2CCN(C(=O)Nc3ccc(F)c(F)c3)CC2CNC1=O. The van der Waals surface area contributed by atoms with Crippen molar-refractivity contribution >= 4 is 34.3 Å². The Kier molecular flexibility index (Phi) is 8.39. The van der Waals surface area contributed by atoms with Crippen molar-refractivity contribution in [2.75, 3.05) is 36.8 Å². The van der Waals surface area contributed by atoms with E-state index in [1.807, 2.05) is 24.3 Å². The zero-order valence-electron chi connectivity index (χ0n) is 22.8. The van der Waals surface area contributed by atoms with Crippen LogP contribution in [0.25, 0.3) is 10.9 Å². The number of benzene rings is 2. The highest BCUT2D eigenvalue weighted by Crippen LogP contribution is 2.27. The van der Waals surface area contributed by atoms with Gasteiger partial charge in [-0.1, -0.05) is 38.8 Å². The first-order valence-electron chi connectivity index (χ1n) is 13.9. The van der Waals surface area contributed by atoms with Crippen molar-refractivity contribution in [3.8, 4) is 0 Å². The van der Waals surface area contributed by atoms with E-state index >= 15 is 0 Å². The molecule has 1 aromatic heterocycles. The van der Waals surface area contributed by atoms with Crippen LogP contribution in [0.3, 0.4) is 0 Å². The summed E-state index contributed by atoms with van der Waals surface area (Å²) < 4.78 is 27.0. The van der Waals surface area contributed by atoms with Crippen molar-refractivity contribution in [2.24, 2.45) is 5.92 Å². The second-order valence-electron chi connectivity index (χ2n) is 10.5. The maximum absolute atomic E-state index is 13.7. The molecule has 0 saturated carbocycles. The highest BCUT2D eigenvalue weighted by Gasteiger charge is 2.34. The maximum Gasteiger partial charge on any atom is 0.321 e. The van der Waals surface area contributed by atoms with E-state index in [0.717, 1.165) is 42.3 Å². The molecule has 2 aromatic carbocycles. The van der Waals surface area contributed by atoms with Crippen molar-refractivity contribution in [2.45, 2.75) is 51.7 Å². The molecule has 40 heavy (non-hydrogen) atoms. The second kappa shape index (κ2) is 12.1. The first kappa shape index (κ1) is 27.7. The lowest BCUT2D eigenvalue weighted by atomic mass is 9.91. The summed E-state index contributed by atoms with van der Waals surface area (Å²) in [7, 11) is 0. The predicted octanol–water partition coefficient (Wildman–Crippen LogP) is 4.36. The van der Waals surface area contributed by atoms with Crippen LogP contribution in [-0.4, -0.2) is 70.0 Å². The van der Waals surface area contributed by atoms with Gasteiger partial charge in [-0.15, -0.1) is 0 Å². The van der Waals surface area contributed by atoms with E-state index in [0.29, 0.717) is 44.4 Å². The molecular formula is C29H35F2N7O2. The molecule has 3 aromatic rings. The molecule has 1 fully saturated rings. The van der Waals surface area contributed by atoms with Crippen LogP contribution in [0, 0.1) is 17.6 Å². The summed E-state index contributed by atoms with van der Waals surface area (Å²) in [6.07, 6.45) is 2.69. The number of hydrogen-bond donors (Lipinski definition) is 3. The Morgan fingerprint density at radius 2 is 1.95 bits per heavy atom. The maximum atomic E-state index is 13.7. The Labute approximate surface area is 232 Å². The number of rotatable bonds is 5. The first-order chi connectivity index (χ1) is 19.4. The molecule has 11 heteroatoms. The average molecular weight is 552 g/mol. The number of aromatic nitrogens is 2. The Morgan fingerprint density at radius 3 is 2.73 bits per heavy atom. The Hall–Kier alpha value is -3.86. The summed E-state index contributed by atoms with van der Waals surface area (Å²) >= 11 is 0. The number of para-hydroxylation sites is 1. The third-order valence-electron chi connectivity index (χ3n) is 7.80. The predicted molar refractivity (Wildman–Crippen MR) is 150 cm³/mol. The lowest BCUT2D eigenvalue weighted by molar-refractivity contribution is -0.123. The molecule has 3 amide bonds. The van der Waals surface area contributed by atoms with Crippen LogP contribution >= 0.6 is 0 Å². The zero-order chi connectivity index (χ0) is 28.2. The quantitative estimate of drug-likeness (QED) is 0.436. The van der Waals surface area contributed by atoms with Gasteiger partial charge in [0, 0.05) is 49.4 Å². The van der Waals surface area contributed by atoms with E-state index in [9.17, 15) is 18.4 Å². The number of urea groups is 1. The van der Waals surface area contributed by atoms with E-state index in [2.05, 4.69) is 34.7 Å². The number of halogens is 2. The van der Waals surface area contributed by atoms with E-state index in [-0.39, 0.29) is 23.6 Å². The summed E-state index contributed by atoms with van der Waals surface area (Å²) in [5.74, 6) is -0.699. The van der Waals surface area contributed by atoms with E-state index < -0.39 is 23.7 Å². The first-order valence-corrected chi connectivity index (χ1v) is 13.9. The summed E-state index contributed by atoms with van der Waals surface area (Å²) in [4.78, 5) is 40.2. The molecule has 2 aliphatic heterocycles. The van der Waals surface area contributed by atoms with Gasteiger partial charge in [-0.25, -0.2) is 23.5 Å². The Bertz CT molecular complexity index is 1390. The molecule has 2 unspecified atom stereocenters. The minimum Gasteiger partial charge on any atom is -0.358 e. The molecule has 0 spiro atoms. The number of carbonyl (C=O) groups excluding carboxylic acids is 2. The third-order valence-corrected chi connectivity index (χ3v) is 7.80. The van der Waals surface area contributed by atoms with Crippen LogP contribution < -0.4 is 16.0 Å². The minimum atomic E-state index is -1.03. The number of carbonyl (C=O) groups is 2. The average Bonchev–Trinajstić information content (AvgIpc) is 2.97. The van der Waals surface area contributed by atoms with Crippen LogP contribution in [0.15, 0.2) is 42.5 Å². The smallest absolute Gasteiger partial charge is 0.321 e. The molecule has 2 bridgehead atoms. The standard InChI is InChI=1S/C29H35F2N7O2/c1-3-7-18(4-2)26-28(39)32-15-20-16-38(29(40)33-19-10-11-22(30)23(31)14-19)13-12-37(20)17-25-34-24-9-6-5-8-21(24)27(35-25)36-26/h5-6,8-11,14,18,20,26H,3-4,7,12-13,15-17H2,1-2H3,(H,32,39)(H,33,40)(H,34,35,36)/t18?,20?,26-/m0/s1. The van der Waals surface area contributed by atoms with E-state index in [1.165, 1.54) is 6.07 Å². The third kappa shape index (κ3) is 5.99. The molecule has 9 nitrogen and oxygen atoms in total. The molecule has 5 rings (SSSR count). The van der Waals surface area contributed by atoms with Crippen LogP contribution in [0.5, 0.6) is 0 Å². The number of anilines is 2. The monoisotopic (exact) mass is 551 g/mol. The van der Waals surface area contributed by atoms with E-state index in [4.69, 9.17) is 9.97 Å². The van der Waals surface area contributed by atoms with Crippen LogP contribution in [0.1, 0.15) is 38.9 Å². The van der Waals surface area contributed by atoms with Crippen molar-refractivity contribution in [3.63, 3.8) is 0 Å². The summed E-state index contributed by atoms with van der Waals surface area (Å²) in [5, 5.41) is 10.1. The molecule has 212 valence electrons. The zero-order valence-corrected chi connectivity index (χ0v) is 22.8. The molecule has 0 aliphatic carbocycles.